The lowest BCUT2D eigenvalue weighted by Gasteiger charge is -2.12. The fourth-order valence-electron chi connectivity index (χ4n) is 1.88. The maximum absolute atomic E-state index is 13.7. The summed E-state index contributed by atoms with van der Waals surface area (Å²) < 4.78 is 105. The Morgan fingerprint density at radius 3 is 1.67 bits per heavy atom. The molecule has 0 aromatic heterocycles. The Balaban J connectivity index is 2.88. The summed E-state index contributed by atoms with van der Waals surface area (Å²) in [6, 6.07) is 0.383. The van der Waals surface area contributed by atoms with Crippen molar-refractivity contribution in [1.29, 1.82) is 0 Å². The van der Waals surface area contributed by atoms with Gasteiger partial charge in [0.2, 0.25) is 5.82 Å². The fraction of sp³-hybridized carbons (Fsp3) is 0.0769. The van der Waals surface area contributed by atoms with Crippen LogP contribution in [-0.4, -0.2) is 4.92 Å². The van der Waals surface area contributed by atoms with Gasteiger partial charge in [-0.15, -0.1) is 0 Å². The number of hydrogen-bond donors (Lipinski definition) is 0. The van der Waals surface area contributed by atoms with Gasteiger partial charge in [-0.05, 0) is 11.6 Å². The Bertz CT molecular complexity index is 818. The van der Waals surface area contributed by atoms with Crippen LogP contribution in [0, 0.1) is 39.2 Å². The molecule has 0 radical (unpaired) electrons. The number of halogens is 8. The lowest BCUT2D eigenvalue weighted by atomic mass is 10.00. The smallest absolute Gasteiger partial charge is 0.258 e. The summed E-state index contributed by atoms with van der Waals surface area (Å²) in [6.45, 7) is 0. The van der Waals surface area contributed by atoms with Gasteiger partial charge in [-0.2, -0.15) is 13.2 Å². The molecule has 0 N–H and O–H groups in total. The number of non-ortho nitro benzene ring substituents is 1. The Hall–Kier alpha value is -2.72. The van der Waals surface area contributed by atoms with Gasteiger partial charge in [0, 0.05) is 12.1 Å². The Labute approximate surface area is 127 Å². The number of benzene rings is 2. The van der Waals surface area contributed by atoms with Gasteiger partial charge in [0.1, 0.15) is 0 Å². The van der Waals surface area contributed by atoms with Crippen molar-refractivity contribution in [3.63, 3.8) is 0 Å². The molecule has 0 spiro atoms. The molecule has 0 aliphatic rings. The number of alkyl halides is 3. The second kappa shape index (κ2) is 5.73. The zero-order valence-electron chi connectivity index (χ0n) is 11.0. The lowest BCUT2D eigenvalue weighted by Crippen LogP contribution is -2.08. The highest BCUT2D eigenvalue weighted by Gasteiger charge is 2.34. The van der Waals surface area contributed by atoms with E-state index in [1.807, 2.05) is 0 Å². The third-order valence-corrected chi connectivity index (χ3v) is 2.95. The van der Waals surface area contributed by atoms with Gasteiger partial charge in [0.05, 0.1) is 16.1 Å². The molecule has 0 aliphatic carbocycles. The normalized spacial score (nSPS) is 11.7. The molecule has 0 heterocycles. The number of hydrogen-bond acceptors (Lipinski definition) is 2. The van der Waals surface area contributed by atoms with E-state index >= 15 is 0 Å². The van der Waals surface area contributed by atoms with Crippen LogP contribution in [0.2, 0.25) is 0 Å². The van der Waals surface area contributed by atoms with Crippen molar-refractivity contribution in [1.82, 2.24) is 0 Å². The molecule has 0 amide bonds. The molecule has 0 atom stereocenters. The molecule has 11 heteroatoms. The van der Waals surface area contributed by atoms with Gasteiger partial charge in [-0.1, -0.05) is 0 Å². The molecule has 0 unspecified atom stereocenters. The summed E-state index contributed by atoms with van der Waals surface area (Å²) in [5.74, 6) is -12.1. The lowest BCUT2D eigenvalue weighted by molar-refractivity contribution is -0.385. The minimum absolute atomic E-state index is 0.0469. The number of nitro groups is 1. The minimum atomic E-state index is -5.15. The standard InChI is InChI=1S/C13H3F8NO2/c14-8-7(9(15)11(17)12(18)10(8)16)4-1-5(13(19,20)21)3-6(2-4)22(23)24/h1-3H. The average Bonchev–Trinajstić information content (AvgIpc) is 2.50. The summed E-state index contributed by atoms with van der Waals surface area (Å²) in [4.78, 5) is 9.36. The SMILES string of the molecule is O=[N+]([O-])c1cc(-c2c(F)c(F)c(F)c(F)c2F)cc(C(F)(F)F)c1. The molecule has 0 fully saturated rings. The Kier molecular flexibility index (Phi) is 4.21. The number of rotatable bonds is 2. The first-order valence-corrected chi connectivity index (χ1v) is 5.83. The zero-order chi connectivity index (χ0) is 18.4. The molecule has 0 saturated heterocycles. The third kappa shape index (κ3) is 2.88. The highest BCUT2D eigenvalue weighted by Crippen LogP contribution is 2.38. The molecule has 2 rings (SSSR count). The van der Waals surface area contributed by atoms with Crippen LogP contribution in [0.4, 0.5) is 40.8 Å². The van der Waals surface area contributed by atoms with E-state index in [2.05, 4.69) is 0 Å². The molecule has 128 valence electrons. The second-order valence-corrected chi connectivity index (χ2v) is 4.47. The topological polar surface area (TPSA) is 43.1 Å². The largest absolute Gasteiger partial charge is 0.416 e. The van der Waals surface area contributed by atoms with Crippen molar-refractivity contribution in [2.75, 3.05) is 0 Å². The van der Waals surface area contributed by atoms with Crippen LogP contribution in [0.5, 0.6) is 0 Å². The molecular formula is C13H3F8NO2. The maximum atomic E-state index is 13.7. The van der Waals surface area contributed by atoms with Crippen LogP contribution < -0.4 is 0 Å². The van der Waals surface area contributed by atoms with Crippen LogP contribution >= 0.6 is 0 Å². The first-order valence-electron chi connectivity index (χ1n) is 5.83. The van der Waals surface area contributed by atoms with Gasteiger partial charge in [-0.25, -0.2) is 22.0 Å². The molecule has 2 aromatic rings. The number of nitrogens with zero attached hydrogens (tertiary/aromatic N) is 1. The van der Waals surface area contributed by atoms with Gasteiger partial charge >= 0.3 is 6.18 Å². The van der Waals surface area contributed by atoms with Gasteiger partial charge < -0.3 is 0 Å². The summed E-state index contributed by atoms with van der Waals surface area (Å²) in [5.41, 5.74) is -5.79. The zero-order valence-corrected chi connectivity index (χ0v) is 11.0. The van der Waals surface area contributed by atoms with E-state index in [9.17, 15) is 45.2 Å². The molecule has 3 nitrogen and oxygen atoms in total. The van der Waals surface area contributed by atoms with Crippen LogP contribution in [0.25, 0.3) is 11.1 Å². The predicted octanol–water partition coefficient (Wildman–Crippen LogP) is 4.98. The van der Waals surface area contributed by atoms with Crippen molar-refractivity contribution in [3.8, 4) is 11.1 Å². The van der Waals surface area contributed by atoms with Crippen LogP contribution in [-0.2, 0) is 6.18 Å². The van der Waals surface area contributed by atoms with E-state index in [0.29, 0.717) is 0 Å². The highest BCUT2D eigenvalue weighted by atomic mass is 19.4. The van der Waals surface area contributed by atoms with Crippen molar-refractivity contribution in [2.45, 2.75) is 6.18 Å². The van der Waals surface area contributed by atoms with E-state index in [1.165, 1.54) is 0 Å². The molecular weight excluding hydrogens is 354 g/mol. The Morgan fingerprint density at radius 1 is 0.792 bits per heavy atom. The average molecular weight is 357 g/mol. The summed E-state index contributed by atoms with van der Waals surface area (Å²) >= 11 is 0. The monoisotopic (exact) mass is 357 g/mol. The predicted molar refractivity (Wildman–Crippen MR) is 63.3 cm³/mol. The van der Waals surface area contributed by atoms with Crippen LogP contribution in [0.15, 0.2) is 18.2 Å². The highest BCUT2D eigenvalue weighted by molar-refractivity contribution is 5.69. The van der Waals surface area contributed by atoms with Crippen molar-refractivity contribution in [3.05, 3.63) is 63.0 Å². The van der Waals surface area contributed by atoms with Gasteiger partial charge in [0.25, 0.3) is 5.69 Å². The summed E-state index contributed by atoms with van der Waals surface area (Å²) in [7, 11) is 0. The van der Waals surface area contributed by atoms with E-state index in [0.717, 1.165) is 0 Å². The fourth-order valence-corrected chi connectivity index (χ4v) is 1.88. The van der Waals surface area contributed by atoms with Crippen molar-refractivity contribution in [2.24, 2.45) is 0 Å². The molecule has 2 aromatic carbocycles. The van der Waals surface area contributed by atoms with E-state index in [4.69, 9.17) is 0 Å². The van der Waals surface area contributed by atoms with Crippen LogP contribution in [0.3, 0.4) is 0 Å². The van der Waals surface area contributed by atoms with E-state index < -0.39 is 62.6 Å². The minimum Gasteiger partial charge on any atom is -0.258 e. The van der Waals surface area contributed by atoms with Crippen LogP contribution in [0.1, 0.15) is 5.56 Å². The first kappa shape index (κ1) is 17.6. The van der Waals surface area contributed by atoms with Gasteiger partial charge in [-0.3, -0.25) is 10.1 Å². The first-order chi connectivity index (χ1) is 10.9. The second-order valence-electron chi connectivity index (χ2n) is 4.47. The van der Waals surface area contributed by atoms with Crippen molar-refractivity contribution < 1.29 is 40.0 Å². The third-order valence-electron chi connectivity index (χ3n) is 2.95. The summed E-state index contributed by atoms with van der Waals surface area (Å²) in [6.07, 6.45) is -5.15. The number of nitro benzene ring substituents is 1. The molecule has 0 bridgehead atoms. The van der Waals surface area contributed by atoms with E-state index in [1.54, 1.807) is 0 Å². The van der Waals surface area contributed by atoms with Crippen molar-refractivity contribution >= 4 is 5.69 Å². The van der Waals surface area contributed by atoms with E-state index in [-0.39, 0.29) is 18.2 Å². The maximum Gasteiger partial charge on any atom is 0.416 e. The quantitative estimate of drug-likeness (QED) is 0.250. The molecule has 0 saturated carbocycles. The summed E-state index contributed by atoms with van der Waals surface area (Å²) in [5, 5.41) is 10.7. The molecule has 24 heavy (non-hydrogen) atoms. The molecule has 0 aliphatic heterocycles. The Morgan fingerprint density at radius 2 is 1.25 bits per heavy atom. The van der Waals surface area contributed by atoms with Gasteiger partial charge in [0.15, 0.2) is 23.3 Å².